The molecule has 2 amide bonds. The Morgan fingerprint density at radius 1 is 1.06 bits per heavy atom. The van der Waals surface area contributed by atoms with E-state index in [1.165, 1.54) is 18.3 Å². The monoisotopic (exact) mass is 422 g/mol. The largest absolute Gasteiger partial charge is 0.394 e. The molecule has 1 aromatic heterocycles. The molecule has 2 aromatic carbocycles. The van der Waals surface area contributed by atoms with Crippen LogP contribution in [0.2, 0.25) is 0 Å². The van der Waals surface area contributed by atoms with Gasteiger partial charge in [0.25, 0.3) is 5.91 Å². The molecule has 0 unspecified atom stereocenters. The van der Waals surface area contributed by atoms with Crippen LogP contribution >= 0.6 is 0 Å². The molecule has 0 radical (unpaired) electrons. The van der Waals surface area contributed by atoms with Crippen LogP contribution in [0.1, 0.15) is 10.4 Å². The number of hydrogen-bond donors (Lipinski definition) is 2. The summed E-state index contributed by atoms with van der Waals surface area (Å²) in [6.45, 7) is 1.56. The minimum absolute atomic E-state index is 0.291. The molecule has 31 heavy (non-hydrogen) atoms. The second kappa shape index (κ2) is 9.09. The molecule has 1 aliphatic rings. The van der Waals surface area contributed by atoms with Crippen molar-refractivity contribution >= 4 is 28.4 Å². The summed E-state index contributed by atoms with van der Waals surface area (Å²) in [4.78, 5) is 33.5. The van der Waals surface area contributed by atoms with Crippen LogP contribution in [0.5, 0.6) is 0 Å². The van der Waals surface area contributed by atoms with E-state index in [9.17, 15) is 19.1 Å². The molecule has 2 heterocycles. The fourth-order valence-corrected chi connectivity index (χ4v) is 3.68. The van der Waals surface area contributed by atoms with Crippen molar-refractivity contribution in [1.29, 1.82) is 0 Å². The van der Waals surface area contributed by atoms with E-state index in [1.807, 2.05) is 24.3 Å². The number of aliphatic hydroxyl groups excluding tert-OH is 1. The highest BCUT2D eigenvalue weighted by Gasteiger charge is 2.28. The van der Waals surface area contributed by atoms with Gasteiger partial charge >= 0.3 is 0 Å². The van der Waals surface area contributed by atoms with Crippen molar-refractivity contribution in [3.63, 3.8) is 0 Å². The molecule has 1 atom stereocenters. The molecule has 0 aliphatic carbocycles. The number of rotatable bonds is 5. The standard InChI is InChI=1S/C23H23FN4O3/c24-18-5-7-19(8-6-18)27-9-11-28(12-10-27)23(31)21(15-29)26-22(30)17-13-16-3-1-2-4-20(16)25-14-17/h1-8,13-14,21,29H,9-12,15H2,(H,26,30)/t21-/m0/s1. The molecule has 1 fully saturated rings. The van der Waals surface area contributed by atoms with Gasteiger partial charge in [0, 0.05) is 43.4 Å². The Morgan fingerprint density at radius 3 is 2.48 bits per heavy atom. The molecule has 7 nitrogen and oxygen atoms in total. The van der Waals surface area contributed by atoms with Crippen LogP contribution in [0.3, 0.4) is 0 Å². The Kier molecular flexibility index (Phi) is 6.08. The fraction of sp³-hybridized carbons (Fsp3) is 0.261. The molecular weight excluding hydrogens is 399 g/mol. The van der Waals surface area contributed by atoms with Gasteiger partial charge in [-0.25, -0.2) is 4.39 Å². The second-order valence-electron chi connectivity index (χ2n) is 7.41. The summed E-state index contributed by atoms with van der Waals surface area (Å²) >= 11 is 0. The van der Waals surface area contributed by atoms with Crippen LogP contribution in [0.4, 0.5) is 10.1 Å². The zero-order valence-electron chi connectivity index (χ0n) is 16.9. The van der Waals surface area contributed by atoms with Gasteiger partial charge in [0.05, 0.1) is 17.7 Å². The highest BCUT2D eigenvalue weighted by atomic mass is 19.1. The molecule has 1 saturated heterocycles. The predicted octanol–water partition coefficient (Wildman–Crippen LogP) is 1.81. The number of fused-ring (bicyclic) bond motifs is 1. The van der Waals surface area contributed by atoms with Gasteiger partial charge in [0.1, 0.15) is 11.9 Å². The van der Waals surface area contributed by atoms with Crippen LogP contribution in [-0.2, 0) is 4.79 Å². The Bertz CT molecular complexity index is 1080. The molecule has 4 rings (SSSR count). The molecule has 3 aromatic rings. The summed E-state index contributed by atoms with van der Waals surface area (Å²) in [6.07, 6.45) is 1.46. The van der Waals surface area contributed by atoms with E-state index < -0.39 is 18.6 Å². The van der Waals surface area contributed by atoms with Crippen molar-refractivity contribution < 1.29 is 19.1 Å². The van der Waals surface area contributed by atoms with Gasteiger partial charge in [-0.05, 0) is 36.4 Å². The van der Waals surface area contributed by atoms with Gasteiger partial charge in [-0.1, -0.05) is 18.2 Å². The topological polar surface area (TPSA) is 85.8 Å². The van der Waals surface area contributed by atoms with Crippen molar-refractivity contribution in [2.45, 2.75) is 6.04 Å². The minimum atomic E-state index is -1.03. The Morgan fingerprint density at radius 2 is 1.77 bits per heavy atom. The maximum Gasteiger partial charge on any atom is 0.253 e. The van der Waals surface area contributed by atoms with Gasteiger partial charge in [-0.15, -0.1) is 0 Å². The normalized spacial score (nSPS) is 15.0. The smallest absolute Gasteiger partial charge is 0.253 e. The highest BCUT2D eigenvalue weighted by molar-refractivity contribution is 5.99. The van der Waals surface area contributed by atoms with Crippen molar-refractivity contribution in [1.82, 2.24) is 15.2 Å². The summed E-state index contributed by atoms with van der Waals surface area (Å²) < 4.78 is 13.1. The number of benzene rings is 2. The van der Waals surface area contributed by atoms with Crippen molar-refractivity contribution in [2.24, 2.45) is 0 Å². The number of piperazine rings is 1. The first-order chi connectivity index (χ1) is 15.0. The van der Waals surface area contributed by atoms with Crippen LogP contribution in [0.15, 0.2) is 60.8 Å². The number of halogens is 1. The summed E-state index contributed by atoms with van der Waals surface area (Å²) in [5.41, 5.74) is 1.99. The number of anilines is 1. The van der Waals surface area contributed by atoms with Crippen molar-refractivity contribution in [3.8, 4) is 0 Å². The summed E-state index contributed by atoms with van der Waals surface area (Å²) in [6, 6.07) is 14.3. The minimum Gasteiger partial charge on any atom is -0.394 e. The quantitative estimate of drug-likeness (QED) is 0.655. The number of aliphatic hydroxyl groups is 1. The maximum atomic E-state index is 13.1. The van der Waals surface area contributed by atoms with Crippen LogP contribution < -0.4 is 10.2 Å². The third-order valence-electron chi connectivity index (χ3n) is 5.42. The van der Waals surface area contributed by atoms with E-state index in [-0.39, 0.29) is 11.7 Å². The molecule has 160 valence electrons. The van der Waals surface area contributed by atoms with Crippen molar-refractivity contribution in [2.75, 3.05) is 37.7 Å². The Hall–Kier alpha value is -3.52. The molecule has 8 heteroatoms. The molecule has 0 bridgehead atoms. The predicted molar refractivity (Wildman–Crippen MR) is 115 cm³/mol. The molecule has 1 aliphatic heterocycles. The first kappa shape index (κ1) is 20.7. The lowest BCUT2D eigenvalue weighted by Crippen LogP contribution is -2.56. The first-order valence-corrected chi connectivity index (χ1v) is 10.1. The van der Waals surface area contributed by atoms with Gasteiger partial charge in [-0.2, -0.15) is 0 Å². The summed E-state index contributed by atoms with van der Waals surface area (Å²) in [5.74, 6) is -1.08. The van der Waals surface area contributed by atoms with Gasteiger partial charge in [0.15, 0.2) is 0 Å². The summed E-state index contributed by atoms with van der Waals surface area (Å²) in [7, 11) is 0. The fourth-order valence-electron chi connectivity index (χ4n) is 3.68. The number of nitrogens with one attached hydrogen (secondary N) is 1. The van der Waals surface area contributed by atoms with Crippen molar-refractivity contribution in [3.05, 3.63) is 72.2 Å². The number of amides is 2. The number of hydrogen-bond acceptors (Lipinski definition) is 5. The molecule has 0 spiro atoms. The number of pyridine rings is 1. The molecular formula is C23H23FN4O3. The van der Waals surface area contributed by atoms with Crippen LogP contribution in [0, 0.1) is 5.82 Å². The van der Waals surface area contributed by atoms with E-state index in [4.69, 9.17) is 0 Å². The van der Waals surface area contributed by atoms with Crippen LogP contribution in [0.25, 0.3) is 10.9 Å². The van der Waals surface area contributed by atoms with E-state index in [0.29, 0.717) is 31.7 Å². The third-order valence-corrected chi connectivity index (χ3v) is 5.42. The number of para-hydroxylation sites is 1. The molecule has 2 N–H and O–H groups in total. The van der Waals surface area contributed by atoms with E-state index >= 15 is 0 Å². The SMILES string of the molecule is O=C(N[C@@H](CO)C(=O)N1CCN(c2ccc(F)cc2)CC1)c1cnc2ccccc2c1. The Balaban J connectivity index is 1.37. The van der Waals surface area contributed by atoms with E-state index in [0.717, 1.165) is 16.6 Å². The summed E-state index contributed by atoms with van der Waals surface area (Å²) in [5, 5.41) is 13.2. The van der Waals surface area contributed by atoms with Crippen LogP contribution in [-0.4, -0.2) is 65.6 Å². The van der Waals surface area contributed by atoms with Gasteiger partial charge < -0.3 is 20.2 Å². The zero-order valence-corrected chi connectivity index (χ0v) is 16.9. The molecule has 0 saturated carbocycles. The van der Waals surface area contributed by atoms with E-state index in [2.05, 4.69) is 15.2 Å². The number of aromatic nitrogens is 1. The lowest BCUT2D eigenvalue weighted by Gasteiger charge is -2.37. The van der Waals surface area contributed by atoms with Gasteiger partial charge in [0.2, 0.25) is 5.91 Å². The van der Waals surface area contributed by atoms with Gasteiger partial charge in [-0.3, -0.25) is 14.6 Å². The van der Waals surface area contributed by atoms with E-state index in [1.54, 1.807) is 23.1 Å². The number of carbonyl (C=O) groups excluding carboxylic acids is 2. The number of nitrogens with zero attached hydrogens (tertiary/aromatic N) is 3. The lowest BCUT2D eigenvalue weighted by atomic mass is 10.1. The third kappa shape index (κ3) is 4.64. The number of carbonyl (C=O) groups is 2. The lowest BCUT2D eigenvalue weighted by molar-refractivity contribution is -0.134. The Labute approximate surface area is 179 Å². The zero-order chi connectivity index (χ0) is 21.8. The first-order valence-electron chi connectivity index (χ1n) is 10.1. The highest BCUT2D eigenvalue weighted by Crippen LogP contribution is 2.17. The average Bonchev–Trinajstić information content (AvgIpc) is 2.82. The second-order valence-corrected chi connectivity index (χ2v) is 7.41. The maximum absolute atomic E-state index is 13.1. The average molecular weight is 422 g/mol.